The molecular weight excluding hydrogens is 278 g/mol. The number of ether oxygens (including phenoxy) is 1. The number of benzene rings is 1. The van der Waals surface area contributed by atoms with Crippen molar-refractivity contribution in [1.82, 2.24) is 5.32 Å². The Morgan fingerprint density at radius 1 is 1.29 bits per heavy atom. The van der Waals surface area contributed by atoms with Crippen molar-refractivity contribution in [2.24, 2.45) is 0 Å². The molecule has 1 unspecified atom stereocenters. The van der Waals surface area contributed by atoms with Crippen molar-refractivity contribution < 1.29 is 4.74 Å². The molecule has 1 aromatic heterocycles. The first-order valence-corrected chi connectivity index (χ1v) is 8.76. The number of hydrogen-bond acceptors (Lipinski definition) is 3. The average molecular weight is 301 g/mol. The summed E-state index contributed by atoms with van der Waals surface area (Å²) >= 11 is 1.78. The van der Waals surface area contributed by atoms with Crippen molar-refractivity contribution in [2.75, 3.05) is 13.2 Å². The number of hydrogen-bond donors (Lipinski definition) is 1. The molecule has 0 fully saturated rings. The predicted molar refractivity (Wildman–Crippen MR) is 89.5 cm³/mol. The van der Waals surface area contributed by atoms with Gasteiger partial charge >= 0.3 is 0 Å². The maximum atomic E-state index is 6.02. The van der Waals surface area contributed by atoms with Gasteiger partial charge < -0.3 is 10.1 Å². The van der Waals surface area contributed by atoms with E-state index in [4.69, 9.17) is 4.74 Å². The highest BCUT2D eigenvalue weighted by atomic mass is 32.1. The summed E-state index contributed by atoms with van der Waals surface area (Å²) in [5.74, 6) is 1.11. The molecule has 3 heteroatoms. The Kier molecular flexibility index (Phi) is 4.61. The molecular formula is C18H23NOS. The Balaban J connectivity index is 2.02. The van der Waals surface area contributed by atoms with Crippen LogP contribution in [0.2, 0.25) is 0 Å². The van der Waals surface area contributed by atoms with Crippen molar-refractivity contribution in [3.63, 3.8) is 0 Å². The van der Waals surface area contributed by atoms with Crippen LogP contribution in [-0.4, -0.2) is 13.2 Å². The van der Waals surface area contributed by atoms with E-state index in [-0.39, 0.29) is 6.04 Å². The fourth-order valence-corrected chi connectivity index (χ4v) is 3.86. The molecule has 0 aliphatic carbocycles. The first-order valence-electron chi connectivity index (χ1n) is 7.82. The lowest BCUT2D eigenvalue weighted by Gasteiger charge is -2.26. The van der Waals surface area contributed by atoms with E-state index in [1.165, 1.54) is 22.3 Å². The Hall–Kier alpha value is -1.32. The molecule has 1 aliphatic rings. The number of aryl methyl sites for hydroxylation is 2. The Morgan fingerprint density at radius 2 is 2.19 bits per heavy atom. The Labute approximate surface area is 131 Å². The van der Waals surface area contributed by atoms with Gasteiger partial charge in [-0.1, -0.05) is 25.1 Å². The minimum Gasteiger partial charge on any atom is -0.493 e. The molecule has 0 bridgehead atoms. The largest absolute Gasteiger partial charge is 0.493 e. The first kappa shape index (κ1) is 14.6. The van der Waals surface area contributed by atoms with Gasteiger partial charge in [0.05, 0.1) is 12.6 Å². The summed E-state index contributed by atoms with van der Waals surface area (Å²) in [4.78, 5) is 0. The standard InChI is InChI=1S/C18H23NOS/c1-3-9-19-17(16-12-21-11-13(16)2)15-8-4-6-14-7-5-10-20-18(14)15/h4,6,8,11-12,17,19H,3,5,7,9-10H2,1-2H3. The van der Waals surface area contributed by atoms with Gasteiger partial charge in [0.1, 0.15) is 5.75 Å². The predicted octanol–water partition coefficient (Wildman–Crippen LogP) is 4.47. The molecule has 3 rings (SSSR count). The first-order chi connectivity index (χ1) is 10.3. The molecule has 1 aliphatic heterocycles. The second kappa shape index (κ2) is 6.63. The van der Waals surface area contributed by atoms with Gasteiger partial charge in [-0.2, -0.15) is 11.3 Å². The van der Waals surface area contributed by atoms with Crippen molar-refractivity contribution in [3.8, 4) is 5.75 Å². The molecule has 0 amide bonds. The van der Waals surface area contributed by atoms with E-state index >= 15 is 0 Å². The number of rotatable bonds is 5. The third-order valence-electron chi connectivity index (χ3n) is 4.08. The van der Waals surface area contributed by atoms with E-state index in [0.29, 0.717) is 0 Å². The smallest absolute Gasteiger partial charge is 0.127 e. The third kappa shape index (κ3) is 2.99. The molecule has 2 heterocycles. The molecule has 0 radical (unpaired) electrons. The van der Waals surface area contributed by atoms with Crippen LogP contribution < -0.4 is 10.1 Å². The SMILES string of the molecule is CCCNC(c1cscc1C)c1cccc2c1OCCC2. The minimum atomic E-state index is 0.240. The van der Waals surface area contributed by atoms with Gasteiger partial charge in [0.25, 0.3) is 0 Å². The second-order valence-corrected chi connectivity index (χ2v) is 6.43. The lowest BCUT2D eigenvalue weighted by atomic mass is 9.93. The number of thiophene rings is 1. The number of para-hydroxylation sites is 1. The van der Waals surface area contributed by atoms with Gasteiger partial charge in [-0.05, 0) is 60.2 Å². The van der Waals surface area contributed by atoms with Crippen LogP contribution >= 0.6 is 11.3 Å². The molecule has 2 aromatic rings. The summed E-state index contributed by atoms with van der Waals surface area (Å²) in [6, 6.07) is 6.83. The zero-order valence-electron chi connectivity index (χ0n) is 12.8. The van der Waals surface area contributed by atoms with Gasteiger partial charge in [0, 0.05) is 5.56 Å². The summed E-state index contributed by atoms with van der Waals surface area (Å²) in [5, 5.41) is 8.20. The van der Waals surface area contributed by atoms with Crippen molar-refractivity contribution in [1.29, 1.82) is 0 Å². The highest BCUT2D eigenvalue weighted by Gasteiger charge is 2.23. The molecule has 0 saturated carbocycles. The van der Waals surface area contributed by atoms with Crippen LogP contribution in [0.1, 0.15) is 48.1 Å². The quantitative estimate of drug-likeness (QED) is 0.879. The van der Waals surface area contributed by atoms with E-state index in [2.05, 4.69) is 48.1 Å². The summed E-state index contributed by atoms with van der Waals surface area (Å²) in [6.45, 7) is 6.26. The highest BCUT2D eigenvalue weighted by molar-refractivity contribution is 7.08. The summed E-state index contributed by atoms with van der Waals surface area (Å²) in [7, 11) is 0. The maximum absolute atomic E-state index is 6.02. The lowest BCUT2D eigenvalue weighted by Crippen LogP contribution is -2.25. The molecule has 0 saturated heterocycles. The van der Waals surface area contributed by atoms with Crippen LogP contribution in [-0.2, 0) is 6.42 Å². The average Bonchev–Trinajstić information content (AvgIpc) is 2.94. The number of nitrogens with one attached hydrogen (secondary N) is 1. The van der Waals surface area contributed by atoms with Crippen molar-refractivity contribution >= 4 is 11.3 Å². The number of fused-ring (bicyclic) bond motifs is 1. The summed E-state index contributed by atoms with van der Waals surface area (Å²) in [5.41, 5.74) is 5.40. The molecule has 1 aromatic carbocycles. The van der Waals surface area contributed by atoms with Gasteiger partial charge in [0.2, 0.25) is 0 Å². The topological polar surface area (TPSA) is 21.3 Å². The van der Waals surface area contributed by atoms with Crippen LogP contribution in [0.3, 0.4) is 0 Å². The summed E-state index contributed by atoms with van der Waals surface area (Å²) in [6.07, 6.45) is 3.39. The fraction of sp³-hybridized carbons (Fsp3) is 0.444. The van der Waals surface area contributed by atoms with E-state index in [1.54, 1.807) is 11.3 Å². The lowest BCUT2D eigenvalue weighted by molar-refractivity contribution is 0.283. The van der Waals surface area contributed by atoms with Crippen LogP contribution in [0.25, 0.3) is 0 Å². The highest BCUT2D eigenvalue weighted by Crippen LogP contribution is 2.37. The fourth-order valence-electron chi connectivity index (χ4n) is 2.98. The monoisotopic (exact) mass is 301 g/mol. The van der Waals surface area contributed by atoms with Crippen LogP contribution in [0.4, 0.5) is 0 Å². The molecule has 2 nitrogen and oxygen atoms in total. The van der Waals surface area contributed by atoms with E-state index in [9.17, 15) is 0 Å². The maximum Gasteiger partial charge on any atom is 0.127 e. The zero-order chi connectivity index (χ0) is 14.7. The van der Waals surface area contributed by atoms with Gasteiger partial charge in [-0.15, -0.1) is 0 Å². The third-order valence-corrected chi connectivity index (χ3v) is 4.96. The minimum absolute atomic E-state index is 0.240. The normalized spacial score (nSPS) is 15.3. The second-order valence-electron chi connectivity index (χ2n) is 5.68. The summed E-state index contributed by atoms with van der Waals surface area (Å²) < 4.78 is 6.02. The van der Waals surface area contributed by atoms with E-state index in [0.717, 1.165) is 38.2 Å². The zero-order valence-corrected chi connectivity index (χ0v) is 13.6. The van der Waals surface area contributed by atoms with Crippen molar-refractivity contribution in [3.05, 3.63) is 51.2 Å². The molecule has 21 heavy (non-hydrogen) atoms. The van der Waals surface area contributed by atoms with E-state index < -0.39 is 0 Å². The Morgan fingerprint density at radius 3 is 2.95 bits per heavy atom. The van der Waals surface area contributed by atoms with Gasteiger partial charge in [-0.25, -0.2) is 0 Å². The van der Waals surface area contributed by atoms with Crippen LogP contribution in [0.15, 0.2) is 29.0 Å². The van der Waals surface area contributed by atoms with Crippen LogP contribution in [0, 0.1) is 6.92 Å². The molecule has 1 atom stereocenters. The van der Waals surface area contributed by atoms with Crippen LogP contribution in [0.5, 0.6) is 5.75 Å². The molecule has 1 N–H and O–H groups in total. The Bertz CT molecular complexity index is 605. The molecule has 0 spiro atoms. The van der Waals surface area contributed by atoms with Crippen molar-refractivity contribution in [2.45, 2.75) is 39.2 Å². The van der Waals surface area contributed by atoms with Gasteiger partial charge in [-0.3, -0.25) is 0 Å². The van der Waals surface area contributed by atoms with Gasteiger partial charge in [0.15, 0.2) is 0 Å². The molecule has 112 valence electrons. The van der Waals surface area contributed by atoms with E-state index in [1.807, 2.05) is 0 Å².